The maximum atomic E-state index is 8.48. The molecule has 0 aromatic rings. The van der Waals surface area contributed by atoms with Crippen LogP contribution in [-0.4, -0.2) is 38.1 Å². The summed E-state index contributed by atoms with van der Waals surface area (Å²) in [6.45, 7) is 10.3. The summed E-state index contributed by atoms with van der Waals surface area (Å²) in [6, 6.07) is 0. The standard InChI is InChI=1S/C14H26O3/c1-4-13(2)5-6-14(3)7-9-16-11-12-17-10-8-15/h4,7,13,15H,1,5-6,8-12H2,2-3H3/b14-7+. The second-order valence-electron chi connectivity index (χ2n) is 4.21. The molecule has 0 aromatic carbocycles. The van der Waals surface area contributed by atoms with E-state index in [4.69, 9.17) is 14.6 Å². The van der Waals surface area contributed by atoms with Crippen LogP contribution >= 0.6 is 0 Å². The third-order valence-corrected chi connectivity index (χ3v) is 2.55. The van der Waals surface area contributed by atoms with Gasteiger partial charge in [-0.2, -0.15) is 0 Å². The van der Waals surface area contributed by atoms with E-state index in [0.29, 0.717) is 32.3 Å². The molecule has 1 unspecified atom stereocenters. The van der Waals surface area contributed by atoms with Gasteiger partial charge in [-0.25, -0.2) is 0 Å². The van der Waals surface area contributed by atoms with Gasteiger partial charge in [0.25, 0.3) is 0 Å². The first-order valence-corrected chi connectivity index (χ1v) is 6.25. The molecule has 17 heavy (non-hydrogen) atoms. The number of aliphatic hydroxyl groups is 1. The topological polar surface area (TPSA) is 38.7 Å². The van der Waals surface area contributed by atoms with Crippen LogP contribution in [0, 0.1) is 5.92 Å². The van der Waals surface area contributed by atoms with Crippen LogP contribution in [0.15, 0.2) is 24.3 Å². The Balaban J connectivity index is 3.40. The molecule has 0 fully saturated rings. The smallest absolute Gasteiger partial charge is 0.0704 e. The molecule has 0 aliphatic heterocycles. The van der Waals surface area contributed by atoms with Crippen LogP contribution in [-0.2, 0) is 9.47 Å². The highest BCUT2D eigenvalue weighted by atomic mass is 16.5. The third-order valence-electron chi connectivity index (χ3n) is 2.55. The molecule has 0 aromatic heterocycles. The Hall–Kier alpha value is -0.640. The molecule has 0 heterocycles. The van der Waals surface area contributed by atoms with Gasteiger partial charge in [-0.05, 0) is 25.7 Å². The Kier molecular flexibility index (Phi) is 11.4. The lowest BCUT2D eigenvalue weighted by Gasteiger charge is -2.06. The number of rotatable bonds is 11. The van der Waals surface area contributed by atoms with Gasteiger partial charge in [0, 0.05) is 0 Å². The lowest BCUT2D eigenvalue weighted by molar-refractivity contribution is 0.0410. The van der Waals surface area contributed by atoms with Crippen molar-refractivity contribution in [3.05, 3.63) is 24.3 Å². The van der Waals surface area contributed by atoms with Gasteiger partial charge in [0.1, 0.15) is 0 Å². The fourth-order valence-corrected chi connectivity index (χ4v) is 1.24. The van der Waals surface area contributed by atoms with Crippen molar-refractivity contribution in [2.45, 2.75) is 26.7 Å². The van der Waals surface area contributed by atoms with E-state index >= 15 is 0 Å². The van der Waals surface area contributed by atoms with Gasteiger partial charge in [0.15, 0.2) is 0 Å². The Labute approximate surface area is 105 Å². The summed E-state index contributed by atoms with van der Waals surface area (Å²) in [5, 5.41) is 8.48. The van der Waals surface area contributed by atoms with Crippen molar-refractivity contribution in [1.29, 1.82) is 0 Å². The molecule has 0 spiro atoms. The molecular formula is C14H26O3. The molecular weight excluding hydrogens is 216 g/mol. The van der Waals surface area contributed by atoms with Gasteiger partial charge in [-0.15, -0.1) is 6.58 Å². The minimum absolute atomic E-state index is 0.0699. The second kappa shape index (κ2) is 11.8. The molecule has 1 atom stereocenters. The van der Waals surface area contributed by atoms with E-state index in [9.17, 15) is 0 Å². The predicted molar refractivity (Wildman–Crippen MR) is 71.1 cm³/mol. The lowest BCUT2D eigenvalue weighted by atomic mass is 10.0. The summed E-state index contributed by atoms with van der Waals surface area (Å²) < 4.78 is 10.5. The number of hydrogen-bond acceptors (Lipinski definition) is 3. The largest absolute Gasteiger partial charge is 0.394 e. The molecule has 0 amide bonds. The molecule has 0 aliphatic rings. The van der Waals surface area contributed by atoms with Crippen molar-refractivity contribution in [3.63, 3.8) is 0 Å². The highest BCUT2D eigenvalue weighted by molar-refractivity contribution is 4.98. The van der Waals surface area contributed by atoms with Crippen LogP contribution in [0.25, 0.3) is 0 Å². The van der Waals surface area contributed by atoms with E-state index in [0.717, 1.165) is 12.8 Å². The third kappa shape index (κ3) is 11.6. The van der Waals surface area contributed by atoms with Gasteiger partial charge < -0.3 is 14.6 Å². The molecule has 0 radical (unpaired) electrons. The first-order valence-electron chi connectivity index (χ1n) is 6.25. The average Bonchev–Trinajstić information content (AvgIpc) is 2.34. The number of ether oxygens (including phenoxy) is 2. The monoisotopic (exact) mass is 242 g/mol. The van der Waals surface area contributed by atoms with Gasteiger partial charge in [0.2, 0.25) is 0 Å². The Morgan fingerprint density at radius 2 is 2.00 bits per heavy atom. The van der Waals surface area contributed by atoms with Crippen LogP contribution < -0.4 is 0 Å². The molecule has 100 valence electrons. The van der Waals surface area contributed by atoms with E-state index in [2.05, 4.69) is 26.5 Å². The van der Waals surface area contributed by atoms with Crippen molar-refractivity contribution in [2.24, 2.45) is 5.92 Å². The molecule has 0 rings (SSSR count). The second-order valence-corrected chi connectivity index (χ2v) is 4.21. The Morgan fingerprint density at radius 3 is 2.65 bits per heavy atom. The molecule has 0 aliphatic carbocycles. The average molecular weight is 242 g/mol. The molecule has 3 nitrogen and oxygen atoms in total. The van der Waals surface area contributed by atoms with Gasteiger partial charge in [-0.3, -0.25) is 0 Å². The van der Waals surface area contributed by atoms with Crippen molar-refractivity contribution in [1.82, 2.24) is 0 Å². The molecule has 1 N–H and O–H groups in total. The summed E-state index contributed by atoms with van der Waals surface area (Å²) in [6.07, 6.45) is 6.34. The normalized spacial score (nSPS) is 13.7. The maximum absolute atomic E-state index is 8.48. The van der Waals surface area contributed by atoms with E-state index in [1.165, 1.54) is 5.57 Å². The zero-order chi connectivity index (χ0) is 12.9. The van der Waals surface area contributed by atoms with Crippen molar-refractivity contribution in [2.75, 3.05) is 33.0 Å². The summed E-state index contributed by atoms with van der Waals surface area (Å²) in [7, 11) is 0. The van der Waals surface area contributed by atoms with Crippen LogP contribution in [0.2, 0.25) is 0 Å². The number of allylic oxidation sites excluding steroid dienone is 2. The summed E-state index contributed by atoms with van der Waals surface area (Å²) in [4.78, 5) is 0. The first kappa shape index (κ1) is 16.4. The van der Waals surface area contributed by atoms with Crippen LogP contribution in [0.3, 0.4) is 0 Å². The fraction of sp³-hybridized carbons (Fsp3) is 0.714. The van der Waals surface area contributed by atoms with Gasteiger partial charge in [-0.1, -0.05) is 24.6 Å². The Bertz CT molecular complexity index is 212. The van der Waals surface area contributed by atoms with Gasteiger partial charge >= 0.3 is 0 Å². The molecule has 0 bridgehead atoms. The maximum Gasteiger partial charge on any atom is 0.0704 e. The Morgan fingerprint density at radius 1 is 1.29 bits per heavy atom. The van der Waals surface area contributed by atoms with Crippen LogP contribution in [0.1, 0.15) is 26.7 Å². The molecule has 3 heteroatoms. The predicted octanol–water partition coefficient (Wildman–Crippen LogP) is 2.56. The van der Waals surface area contributed by atoms with Crippen molar-refractivity contribution in [3.8, 4) is 0 Å². The van der Waals surface area contributed by atoms with E-state index in [1.54, 1.807) is 0 Å². The fourth-order valence-electron chi connectivity index (χ4n) is 1.24. The minimum Gasteiger partial charge on any atom is -0.394 e. The van der Waals surface area contributed by atoms with E-state index < -0.39 is 0 Å². The zero-order valence-electron chi connectivity index (χ0n) is 11.2. The summed E-state index contributed by atoms with van der Waals surface area (Å²) in [5.74, 6) is 0.575. The van der Waals surface area contributed by atoms with E-state index in [-0.39, 0.29) is 6.61 Å². The SMILES string of the molecule is C=CC(C)CC/C(C)=C/COCCOCCO. The van der Waals surface area contributed by atoms with Crippen molar-refractivity contribution >= 4 is 0 Å². The highest BCUT2D eigenvalue weighted by Gasteiger charge is 1.96. The quantitative estimate of drug-likeness (QED) is 0.447. The summed E-state index contributed by atoms with van der Waals surface area (Å²) >= 11 is 0. The number of aliphatic hydroxyl groups excluding tert-OH is 1. The molecule has 0 saturated heterocycles. The number of hydrogen-bond donors (Lipinski definition) is 1. The zero-order valence-corrected chi connectivity index (χ0v) is 11.2. The molecule has 0 saturated carbocycles. The first-order chi connectivity index (χ1) is 8.20. The van der Waals surface area contributed by atoms with Crippen LogP contribution in [0.4, 0.5) is 0 Å². The summed E-state index contributed by atoms with van der Waals surface area (Å²) in [5.41, 5.74) is 1.36. The van der Waals surface area contributed by atoms with Crippen molar-refractivity contribution < 1.29 is 14.6 Å². The van der Waals surface area contributed by atoms with Crippen LogP contribution in [0.5, 0.6) is 0 Å². The van der Waals surface area contributed by atoms with E-state index in [1.807, 2.05) is 6.08 Å². The lowest BCUT2D eigenvalue weighted by Crippen LogP contribution is -2.07. The van der Waals surface area contributed by atoms with Gasteiger partial charge in [0.05, 0.1) is 33.0 Å². The highest BCUT2D eigenvalue weighted by Crippen LogP contribution is 2.11. The minimum atomic E-state index is 0.0699.